The maximum Gasteiger partial charge on any atom is 0.253 e. The number of hydrogen-bond acceptors (Lipinski definition) is 4. The number of carbonyl (C=O) groups excluding carboxylic acids is 2. The van der Waals surface area contributed by atoms with Gasteiger partial charge < -0.3 is 10.6 Å². The van der Waals surface area contributed by atoms with E-state index < -0.39 is 5.41 Å². The van der Waals surface area contributed by atoms with Gasteiger partial charge in [-0.3, -0.25) is 9.59 Å². The zero-order chi connectivity index (χ0) is 18.0. The molecule has 2 amide bonds. The summed E-state index contributed by atoms with van der Waals surface area (Å²) in [6.07, 6.45) is 3.27. The number of fused-ring (bicyclic) bond motifs is 1. The number of nitrogens with one attached hydrogen (secondary N) is 2. The van der Waals surface area contributed by atoms with Crippen LogP contribution in [0.4, 0.5) is 5.69 Å². The smallest absolute Gasteiger partial charge is 0.253 e. The molecule has 7 heteroatoms. The lowest BCUT2D eigenvalue weighted by Gasteiger charge is -2.24. The Morgan fingerprint density at radius 1 is 1.24 bits per heavy atom. The van der Waals surface area contributed by atoms with E-state index in [1.807, 2.05) is 25.5 Å². The number of benzene rings is 1. The number of aromatic nitrogens is 3. The third-order valence-corrected chi connectivity index (χ3v) is 4.23. The molecule has 2 N–H and O–H groups in total. The van der Waals surface area contributed by atoms with Crippen LogP contribution in [-0.2, 0) is 11.3 Å². The molecule has 0 bridgehead atoms. The van der Waals surface area contributed by atoms with Crippen molar-refractivity contribution in [1.29, 1.82) is 0 Å². The molecule has 0 aliphatic carbocycles. The molecule has 0 saturated carbocycles. The quantitative estimate of drug-likeness (QED) is 0.898. The second-order valence-corrected chi connectivity index (χ2v) is 7.26. The van der Waals surface area contributed by atoms with Crippen LogP contribution in [0, 0.1) is 5.41 Å². The van der Waals surface area contributed by atoms with E-state index >= 15 is 0 Å². The number of anilines is 1. The Balaban J connectivity index is 1.79. The van der Waals surface area contributed by atoms with Gasteiger partial charge in [-0.15, -0.1) is 0 Å². The predicted molar refractivity (Wildman–Crippen MR) is 94.0 cm³/mol. The van der Waals surface area contributed by atoms with E-state index in [1.165, 1.54) is 6.33 Å². The average molecular weight is 341 g/mol. The summed E-state index contributed by atoms with van der Waals surface area (Å²) in [6.45, 7) is 6.32. The second-order valence-electron chi connectivity index (χ2n) is 7.26. The molecular formula is C18H23N5O2. The van der Waals surface area contributed by atoms with Crippen LogP contribution in [0.15, 0.2) is 30.6 Å². The third kappa shape index (κ3) is 3.70. The molecule has 0 saturated heterocycles. The van der Waals surface area contributed by atoms with Crippen LogP contribution >= 0.6 is 0 Å². The van der Waals surface area contributed by atoms with Crippen molar-refractivity contribution >= 4 is 17.5 Å². The summed E-state index contributed by atoms with van der Waals surface area (Å²) >= 11 is 0. The first-order chi connectivity index (χ1) is 11.9. The fourth-order valence-corrected chi connectivity index (χ4v) is 2.76. The molecule has 1 aromatic heterocycles. The Kier molecular flexibility index (Phi) is 4.57. The molecule has 25 heavy (non-hydrogen) atoms. The average Bonchev–Trinajstić information content (AvgIpc) is 3.04. The maximum atomic E-state index is 12.8. The van der Waals surface area contributed by atoms with Crippen LogP contribution in [0.3, 0.4) is 0 Å². The molecule has 0 radical (unpaired) electrons. The van der Waals surface area contributed by atoms with E-state index in [-0.39, 0.29) is 17.9 Å². The van der Waals surface area contributed by atoms with Crippen LogP contribution < -0.4 is 10.6 Å². The SMILES string of the molecule is CC(C)(C)C(=O)Nc1ccccc1C(=O)NC1CCCn2ncnc21. The minimum atomic E-state index is -0.538. The molecule has 132 valence electrons. The highest BCUT2D eigenvalue weighted by Gasteiger charge is 2.26. The number of hydrogen-bond donors (Lipinski definition) is 2. The van der Waals surface area contributed by atoms with E-state index in [0.29, 0.717) is 11.3 Å². The molecule has 1 aliphatic rings. The van der Waals surface area contributed by atoms with Gasteiger partial charge in [0.1, 0.15) is 12.2 Å². The molecular weight excluding hydrogens is 318 g/mol. The minimum Gasteiger partial charge on any atom is -0.342 e. The lowest BCUT2D eigenvalue weighted by molar-refractivity contribution is -0.123. The van der Waals surface area contributed by atoms with Gasteiger partial charge in [-0.05, 0) is 25.0 Å². The highest BCUT2D eigenvalue weighted by atomic mass is 16.2. The van der Waals surface area contributed by atoms with E-state index in [1.54, 1.807) is 24.3 Å². The lowest BCUT2D eigenvalue weighted by Crippen LogP contribution is -2.34. The topological polar surface area (TPSA) is 88.9 Å². The number of nitrogens with zero attached hydrogens (tertiary/aromatic N) is 3. The van der Waals surface area contributed by atoms with Crippen molar-refractivity contribution in [3.8, 4) is 0 Å². The van der Waals surface area contributed by atoms with E-state index in [4.69, 9.17) is 0 Å². The third-order valence-electron chi connectivity index (χ3n) is 4.23. The molecule has 7 nitrogen and oxygen atoms in total. The molecule has 2 aromatic rings. The van der Waals surface area contributed by atoms with Gasteiger partial charge in [-0.2, -0.15) is 5.10 Å². The Bertz CT molecular complexity index is 791. The fraction of sp³-hybridized carbons (Fsp3) is 0.444. The zero-order valence-corrected chi connectivity index (χ0v) is 14.7. The summed E-state index contributed by atoms with van der Waals surface area (Å²) in [7, 11) is 0. The van der Waals surface area contributed by atoms with Crippen molar-refractivity contribution in [2.75, 3.05) is 5.32 Å². The number of rotatable bonds is 3. The van der Waals surface area contributed by atoms with Crippen LogP contribution in [0.1, 0.15) is 55.8 Å². The van der Waals surface area contributed by atoms with Gasteiger partial charge >= 0.3 is 0 Å². The molecule has 1 aromatic carbocycles. The number of para-hydroxylation sites is 1. The van der Waals surface area contributed by atoms with Crippen molar-refractivity contribution in [2.45, 2.75) is 46.2 Å². The molecule has 0 spiro atoms. The minimum absolute atomic E-state index is 0.134. The summed E-state index contributed by atoms with van der Waals surface area (Å²) in [5.41, 5.74) is 0.414. The first-order valence-corrected chi connectivity index (χ1v) is 8.45. The van der Waals surface area contributed by atoms with Crippen molar-refractivity contribution in [3.63, 3.8) is 0 Å². The summed E-state index contributed by atoms with van der Waals surface area (Å²) < 4.78 is 1.82. The summed E-state index contributed by atoms with van der Waals surface area (Å²) in [6, 6.07) is 6.86. The van der Waals surface area contributed by atoms with Gasteiger partial charge in [0.2, 0.25) is 5.91 Å². The lowest BCUT2D eigenvalue weighted by atomic mass is 9.95. The standard InChI is InChI=1S/C18H23N5O2/c1-18(2,3)17(25)22-13-8-5-4-7-12(13)16(24)21-14-9-6-10-23-15(14)19-11-20-23/h4-5,7-8,11,14H,6,9-10H2,1-3H3,(H,21,24)(H,22,25). The van der Waals surface area contributed by atoms with Gasteiger partial charge in [-0.25, -0.2) is 9.67 Å². The number of aryl methyl sites for hydroxylation is 1. The monoisotopic (exact) mass is 341 g/mol. The van der Waals surface area contributed by atoms with Crippen LogP contribution in [0.5, 0.6) is 0 Å². The number of amides is 2. The van der Waals surface area contributed by atoms with Gasteiger partial charge in [0.15, 0.2) is 0 Å². The van der Waals surface area contributed by atoms with Gasteiger partial charge in [-0.1, -0.05) is 32.9 Å². The first-order valence-electron chi connectivity index (χ1n) is 8.45. The Labute approximate surface area is 146 Å². The zero-order valence-electron chi connectivity index (χ0n) is 14.7. The highest BCUT2D eigenvalue weighted by molar-refractivity contribution is 6.04. The maximum absolute atomic E-state index is 12.8. The van der Waals surface area contributed by atoms with E-state index in [9.17, 15) is 9.59 Å². The predicted octanol–water partition coefficient (Wildman–Crippen LogP) is 2.53. The molecule has 2 heterocycles. The van der Waals surface area contributed by atoms with Gasteiger partial charge in [0, 0.05) is 12.0 Å². The van der Waals surface area contributed by atoms with Crippen LogP contribution in [-0.4, -0.2) is 26.6 Å². The summed E-state index contributed by atoms with van der Waals surface area (Å²) in [4.78, 5) is 29.3. The molecule has 1 aliphatic heterocycles. The molecule has 1 atom stereocenters. The van der Waals surface area contributed by atoms with Crippen molar-refractivity contribution in [3.05, 3.63) is 42.0 Å². The van der Waals surface area contributed by atoms with Crippen molar-refractivity contribution < 1.29 is 9.59 Å². The first kappa shape index (κ1) is 17.1. The van der Waals surface area contributed by atoms with Crippen molar-refractivity contribution in [1.82, 2.24) is 20.1 Å². The Morgan fingerprint density at radius 3 is 2.76 bits per heavy atom. The van der Waals surface area contributed by atoms with Crippen LogP contribution in [0.25, 0.3) is 0 Å². The summed E-state index contributed by atoms with van der Waals surface area (Å²) in [5.74, 6) is 0.409. The molecule has 3 rings (SSSR count). The van der Waals surface area contributed by atoms with Gasteiger partial charge in [0.25, 0.3) is 5.91 Å². The van der Waals surface area contributed by atoms with Crippen molar-refractivity contribution in [2.24, 2.45) is 5.41 Å². The summed E-state index contributed by atoms with van der Waals surface area (Å²) in [5, 5.41) is 10.0. The fourth-order valence-electron chi connectivity index (χ4n) is 2.76. The van der Waals surface area contributed by atoms with Crippen LogP contribution in [0.2, 0.25) is 0 Å². The number of carbonyl (C=O) groups is 2. The molecule has 1 unspecified atom stereocenters. The molecule has 0 fully saturated rings. The van der Waals surface area contributed by atoms with E-state index in [0.717, 1.165) is 25.2 Å². The highest BCUT2D eigenvalue weighted by Crippen LogP contribution is 2.24. The Hall–Kier alpha value is -2.70. The second kappa shape index (κ2) is 6.66. The van der Waals surface area contributed by atoms with Gasteiger partial charge in [0.05, 0.1) is 17.3 Å². The van der Waals surface area contributed by atoms with E-state index in [2.05, 4.69) is 20.7 Å². The largest absolute Gasteiger partial charge is 0.342 e. The normalized spacial score (nSPS) is 16.8. The Morgan fingerprint density at radius 2 is 2.00 bits per heavy atom.